The van der Waals surface area contributed by atoms with E-state index in [0.717, 1.165) is 11.9 Å². The van der Waals surface area contributed by atoms with Crippen LogP contribution in [-0.4, -0.2) is 51.2 Å². The zero-order chi connectivity index (χ0) is 18.0. The Morgan fingerprint density at radius 2 is 1.39 bits per heavy atom. The number of sulfone groups is 2. The molecule has 0 unspecified atom stereocenters. The normalized spacial score (nSPS) is 16.7. The Morgan fingerprint density at radius 3 is 1.83 bits per heavy atom. The lowest BCUT2D eigenvalue weighted by molar-refractivity contribution is -0.0457. The molecule has 0 saturated carbocycles. The van der Waals surface area contributed by atoms with Crippen molar-refractivity contribution in [3.8, 4) is 0 Å². The van der Waals surface area contributed by atoms with Crippen LogP contribution in [0.5, 0.6) is 0 Å². The molecule has 15 heteroatoms. The smallest absolute Gasteiger partial charge is 0.357 e. The zero-order valence-corrected chi connectivity index (χ0v) is 12.6. The maximum absolute atomic E-state index is 12.7. The summed E-state index contributed by atoms with van der Waals surface area (Å²) >= 11 is 0. The molecule has 0 aromatic carbocycles. The van der Waals surface area contributed by atoms with E-state index in [1.54, 1.807) is 0 Å². The number of hydrogen-bond donors (Lipinski definition) is 0. The average molecular weight is 387 g/mol. The predicted molar refractivity (Wildman–Crippen MR) is 62.0 cm³/mol. The fraction of sp³-hybridized carbons (Fsp3) is 0.625. The Morgan fingerprint density at radius 1 is 0.913 bits per heavy atom. The Bertz CT molecular complexity index is 852. The summed E-state index contributed by atoms with van der Waals surface area (Å²) in [6.07, 6.45) is 0. The molecule has 0 atom stereocenters. The lowest BCUT2D eigenvalue weighted by atomic mass is 10.6. The third-order valence-corrected chi connectivity index (χ3v) is 6.05. The van der Waals surface area contributed by atoms with Crippen molar-refractivity contribution in [2.75, 3.05) is 18.5 Å². The van der Waals surface area contributed by atoms with Crippen LogP contribution < -0.4 is 4.90 Å². The SMILES string of the molecule is CN1CCn2nc(S(=O)(=O)C(F)(F)F)c(S(=O)(=O)C(F)(F)F)c21. The summed E-state index contributed by atoms with van der Waals surface area (Å²) in [6.45, 7) is -0.311. The van der Waals surface area contributed by atoms with Crippen molar-refractivity contribution in [1.82, 2.24) is 9.78 Å². The Hall–Kier alpha value is -1.51. The number of fused-ring (bicyclic) bond motifs is 1. The first kappa shape index (κ1) is 17.8. The molecule has 1 aromatic rings. The molecule has 0 radical (unpaired) electrons. The highest BCUT2D eigenvalue weighted by Gasteiger charge is 2.58. The monoisotopic (exact) mass is 387 g/mol. The van der Waals surface area contributed by atoms with Gasteiger partial charge in [0, 0.05) is 13.6 Å². The van der Waals surface area contributed by atoms with Gasteiger partial charge in [0.2, 0.25) is 5.03 Å². The maximum Gasteiger partial charge on any atom is 0.503 e. The fourth-order valence-electron chi connectivity index (χ4n) is 1.93. The molecule has 0 aliphatic carbocycles. The Kier molecular flexibility index (Phi) is 3.68. The van der Waals surface area contributed by atoms with E-state index < -0.39 is 46.4 Å². The molecule has 0 amide bonds. The summed E-state index contributed by atoms with van der Waals surface area (Å²) in [7, 11) is -11.7. The van der Waals surface area contributed by atoms with Gasteiger partial charge in [-0.2, -0.15) is 31.4 Å². The zero-order valence-electron chi connectivity index (χ0n) is 11.0. The Labute approximate surface area is 125 Å². The van der Waals surface area contributed by atoms with Crippen molar-refractivity contribution in [2.24, 2.45) is 0 Å². The van der Waals surface area contributed by atoms with Gasteiger partial charge < -0.3 is 4.90 Å². The summed E-state index contributed by atoms with van der Waals surface area (Å²) < 4.78 is 123. The standard InChI is InChI=1S/C8H7F6N3O4S2/c1-16-2-3-17-6(16)4(22(18,19)7(9,10)11)5(15-17)23(20,21)8(12,13)14/h2-3H2,1H3. The molecule has 1 aliphatic rings. The number of rotatable bonds is 2. The van der Waals surface area contributed by atoms with E-state index in [0.29, 0.717) is 4.68 Å². The molecule has 0 fully saturated rings. The molecule has 1 aliphatic heterocycles. The minimum Gasteiger partial charge on any atom is -0.357 e. The van der Waals surface area contributed by atoms with Gasteiger partial charge in [-0.1, -0.05) is 0 Å². The molecule has 0 bridgehead atoms. The lowest BCUT2D eigenvalue weighted by Gasteiger charge is -2.15. The molecule has 7 nitrogen and oxygen atoms in total. The van der Waals surface area contributed by atoms with E-state index >= 15 is 0 Å². The second kappa shape index (κ2) is 4.75. The number of anilines is 1. The van der Waals surface area contributed by atoms with Crippen LogP contribution in [0.4, 0.5) is 32.2 Å². The van der Waals surface area contributed by atoms with Gasteiger partial charge in [0.1, 0.15) is 5.82 Å². The summed E-state index contributed by atoms with van der Waals surface area (Å²) in [5.41, 5.74) is -12.0. The molecule has 0 N–H and O–H groups in total. The van der Waals surface area contributed by atoms with Gasteiger partial charge in [0.15, 0.2) is 4.90 Å². The van der Waals surface area contributed by atoms with Crippen LogP contribution in [0.2, 0.25) is 0 Å². The molecule has 0 saturated heterocycles. The second-order valence-electron chi connectivity index (χ2n) is 4.50. The topological polar surface area (TPSA) is 89.3 Å². The van der Waals surface area contributed by atoms with Gasteiger partial charge in [-0.15, -0.1) is 0 Å². The maximum atomic E-state index is 12.7. The minimum atomic E-state index is -6.39. The van der Waals surface area contributed by atoms with Crippen molar-refractivity contribution in [1.29, 1.82) is 0 Å². The number of likely N-dealkylation sites (N-methyl/N-ethyl adjacent to an activating group) is 1. The fourth-order valence-corrected chi connectivity index (χ4v) is 4.35. The average Bonchev–Trinajstić information content (AvgIpc) is 2.87. The van der Waals surface area contributed by atoms with Crippen LogP contribution in [0, 0.1) is 0 Å². The van der Waals surface area contributed by atoms with E-state index in [1.807, 2.05) is 0 Å². The third-order valence-electron chi connectivity index (χ3n) is 2.99. The minimum absolute atomic E-state index is 0.0466. The van der Waals surface area contributed by atoms with Gasteiger partial charge in [-0.25, -0.2) is 21.5 Å². The quantitative estimate of drug-likeness (QED) is 0.702. The van der Waals surface area contributed by atoms with E-state index in [1.165, 1.54) is 0 Å². The van der Waals surface area contributed by atoms with Crippen molar-refractivity contribution >= 4 is 25.5 Å². The van der Waals surface area contributed by atoms with E-state index in [4.69, 9.17) is 0 Å². The van der Waals surface area contributed by atoms with Crippen LogP contribution in [0.1, 0.15) is 0 Å². The number of nitrogens with zero attached hydrogens (tertiary/aromatic N) is 3. The van der Waals surface area contributed by atoms with Crippen LogP contribution in [-0.2, 0) is 26.2 Å². The molecular weight excluding hydrogens is 380 g/mol. The van der Waals surface area contributed by atoms with Crippen molar-refractivity contribution in [3.63, 3.8) is 0 Å². The number of hydrogen-bond acceptors (Lipinski definition) is 6. The van der Waals surface area contributed by atoms with Crippen LogP contribution in [0.15, 0.2) is 9.92 Å². The van der Waals surface area contributed by atoms with Crippen molar-refractivity contribution < 1.29 is 43.2 Å². The van der Waals surface area contributed by atoms with Crippen LogP contribution >= 0.6 is 0 Å². The summed E-state index contributed by atoms with van der Waals surface area (Å²) in [4.78, 5) is -1.14. The highest BCUT2D eigenvalue weighted by atomic mass is 32.2. The first-order valence-corrected chi connectivity index (χ1v) is 8.53. The van der Waals surface area contributed by atoms with Gasteiger partial charge in [-0.05, 0) is 0 Å². The second-order valence-corrected chi connectivity index (χ2v) is 8.24. The molecule has 1 aromatic heterocycles. The highest BCUT2D eigenvalue weighted by molar-refractivity contribution is 7.95. The first-order valence-electron chi connectivity index (χ1n) is 5.57. The van der Waals surface area contributed by atoms with Crippen LogP contribution in [0.3, 0.4) is 0 Å². The van der Waals surface area contributed by atoms with Gasteiger partial charge in [-0.3, -0.25) is 0 Å². The number of halogens is 6. The number of aromatic nitrogens is 2. The molecule has 0 spiro atoms. The lowest BCUT2D eigenvalue weighted by Crippen LogP contribution is -2.30. The summed E-state index contributed by atoms with van der Waals surface area (Å²) in [5.74, 6) is -0.856. The highest BCUT2D eigenvalue weighted by Crippen LogP contribution is 2.43. The van der Waals surface area contributed by atoms with E-state index in [9.17, 15) is 43.2 Å². The predicted octanol–water partition coefficient (Wildman–Crippen LogP) is 0.920. The molecule has 23 heavy (non-hydrogen) atoms. The van der Waals surface area contributed by atoms with Gasteiger partial charge in [0.05, 0.1) is 6.54 Å². The van der Waals surface area contributed by atoms with Gasteiger partial charge in [0.25, 0.3) is 19.7 Å². The molecule has 132 valence electrons. The third kappa shape index (κ3) is 2.45. The Balaban J connectivity index is 2.92. The summed E-state index contributed by atoms with van der Waals surface area (Å²) in [6, 6.07) is 0. The van der Waals surface area contributed by atoms with Gasteiger partial charge >= 0.3 is 11.0 Å². The molecule has 2 heterocycles. The molecule has 2 rings (SSSR count). The molecular formula is C8H7F6N3O4S2. The van der Waals surface area contributed by atoms with Crippen LogP contribution in [0.25, 0.3) is 0 Å². The largest absolute Gasteiger partial charge is 0.503 e. The summed E-state index contributed by atoms with van der Waals surface area (Å²) in [5, 5.41) is 0.770. The van der Waals surface area contributed by atoms with E-state index in [2.05, 4.69) is 5.10 Å². The van der Waals surface area contributed by atoms with E-state index in [-0.39, 0.29) is 13.1 Å². The van der Waals surface area contributed by atoms with Crippen molar-refractivity contribution in [3.05, 3.63) is 0 Å². The first-order chi connectivity index (χ1) is 10.1. The number of alkyl halides is 6. The van der Waals surface area contributed by atoms with Crippen molar-refractivity contribution in [2.45, 2.75) is 27.5 Å².